The maximum Gasteiger partial charge on any atom is 0.313 e. The second-order valence-electron chi connectivity index (χ2n) is 5.29. The third kappa shape index (κ3) is 3.72. The fraction of sp³-hybridized carbons (Fsp3) is 0.562. The van der Waals surface area contributed by atoms with Gasteiger partial charge in [-0.2, -0.15) is 0 Å². The highest BCUT2D eigenvalue weighted by molar-refractivity contribution is 5.80. The molecular weight excluding hydrogens is 240 g/mol. The van der Waals surface area contributed by atoms with Gasteiger partial charge < -0.3 is 9.84 Å². The Balaban J connectivity index is 1.87. The number of ether oxygens (including phenoxy) is 1. The minimum atomic E-state index is -0.156. The van der Waals surface area contributed by atoms with E-state index >= 15 is 0 Å². The van der Waals surface area contributed by atoms with Gasteiger partial charge in [0.05, 0.1) is 5.92 Å². The summed E-state index contributed by atoms with van der Waals surface area (Å²) in [6, 6.07) is 6.86. The first-order valence-electron chi connectivity index (χ1n) is 7.20. The number of cyclic esters (lactones) is 1. The van der Waals surface area contributed by atoms with Crippen molar-refractivity contribution in [2.24, 2.45) is 0 Å². The van der Waals surface area contributed by atoms with Crippen LogP contribution in [0.1, 0.15) is 56.9 Å². The van der Waals surface area contributed by atoms with Gasteiger partial charge in [0.1, 0.15) is 11.9 Å². The minimum absolute atomic E-state index is 0.0724. The number of carbonyl (C=O) groups excluding carboxylic acids is 1. The van der Waals surface area contributed by atoms with Crippen molar-refractivity contribution in [1.82, 2.24) is 0 Å². The van der Waals surface area contributed by atoms with Crippen molar-refractivity contribution >= 4 is 5.97 Å². The lowest BCUT2D eigenvalue weighted by atomic mass is 9.94. The molecule has 0 saturated carbocycles. The van der Waals surface area contributed by atoms with Crippen LogP contribution in [0.2, 0.25) is 0 Å². The van der Waals surface area contributed by atoms with E-state index in [0.29, 0.717) is 0 Å². The molecule has 0 spiro atoms. The van der Waals surface area contributed by atoms with Crippen molar-refractivity contribution in [3.05, 3.63) is 29.8 Å². The predicted octanol–water partition coefficient (Wildman–Crippen LogP) is 3.76. The second-order valence-corrected chi connectivity index (χ2v) is 5.29. The average Bonchev–Trinajstić information content (AvgIpc) is 2.77. The van der Waals surface area contributed by atoms with Crippen LogP contribution < -0.4 is 0 Å². The van der Waals surface area contributed by atoms with E-state index in [1.807, 2.05) is 0 Å². The summed E-state index contributed by atoms with van der Waals surface area (Å²) in [5, 5.41) is 9.27. The van der Waals surface area contributed by atoms with Gasteiger partial charge in [-0.3, -0.25) is 4.79 Å². The van der Waals surface area contributed by atoms with E-state index in [4.69, 9.17) is 4.74 Å². The first-order valence-corrected chi connectivity index (χ1v) is 7.20. The molecule has 2 rings (SSSR count). The monoisotopic (exact) mass is 262 g/mol. The third-order valence-corrected chi connectivity index (χ3v) is 3.74. The number of esters is 1. The number of unbranched alkanes of at least 4 members (excludes halogenated alkanes) is 3. The molecule has 1 unspecified atom stereocenters. The highest BCUT2D eigenvalue weighted by Crippen LogP contribution is 2.33. The van der Waals surface area contributed by atoms with Crippen molar-refractivity contribution in [3.63, 3.8) is 0 Å². The number of rotatable bonds is 6. The van der Waals surface area contributed by atoms with E-state index in [-0.39, 0.29) is 23.7 Å². The molecular formula is C16H22O3. The molecule has 2 atom stereocenters. The molecule has 1 aromatic rings. The maximum absolute atomic E-state index is 11.9. The highest BCUT2D eigenvalue weighted by Gasteiger charge is 2.34. The van der Waals surface area contributed by atoms with Gasteiger partial charge in [-0.15, -0.1) is 0 Å². The summed E-state index contributed by atoms with van der Waals surface area (Å²) in [5.74, 6) is -0.0470. The molecule has 1 heterocycles. The summed E-state index contributed by atoms with van der Waals surface area (Å²) < 4.78 is 5.44. The zero-order valence-electron chi connectivity index (χ0n) is 11.5. The quantitative estimate of drug-likeness (QED) is 0.627. The van der Waals surface area contributed by atoms with Gasteiger partial charge in [-0.1, -0.05) is 38.3 Å². The van der Waals surface area contributed by atoms with Crippen molar-refractivity contribution in [2.45, 2.75) is 57.5 Å². The Morgan fingerprint density at radius 3 is 2.63 bits per heavy atom. The minimum Gasteiger partial charge on any atom is -0.508 e. The molecule has 0 radical (unpaired) electrons. The van der Waals surface area contributed by atoms with Crippen LogP contribution in [0.25, 0.3) is 0 Å². The second kappa shape index (κ2) is 6.60. The number of carbonyl (C=O) groups is 1. The zero-order valence-corrected chi connectivity index (χ0v) is 11.5. The number of phenolic OH excluding ortho intramolecular Hbond substituents is 1. The lowest BCUT2D eigenvalue weighted by molar-refractivity contribution is -0.142. The smallest absolute Gasteiger partial charge is 0.313 e. The van der Waals surface area contributed by atoms with E-state index in [1.54, 1.807) is 24.3 Å². The van der Waals surface area contributed by atoms with E-state index in [0.717, 1.165) is 24.8 Å². The Bertz CT molecular complexity index is 411. The fourth-order valence-electron chi connectivity index (χ4n) is 2.61. The van der Waals surface area contributed by atoms with Gasteiger partial charge in [0.25, 0.3) is 0 Å². The summed E-state index contributed by atoms with van der Waals surface area (Å²) >= 11 is 0. The summed E-state index contributed by atoms with van der Waals surface area (Å²) in [4.78, 5) is 11.9. The number of hydrogen-bond donors (Lipinski definition) is 1. The van der Waals surface area contributed by atoms with Gasteiger partial charge in [0, 0.05) is 6.42 Å². The Labute approximate surface area is 114 Å². The van der Waals surface area contributed by atoms with E-state index < -0.39 is 0 Å². The first kappa shape index (κ1) is 13.9. The molecule has 0 bridgehead atoms. The van der Waals surface area contributed by atoms with Gasteiger partial charge in [-0.05, 0) is 30.5 Å². The molecule has 0 amide bonds. The Morgan fingerprint density at radius 2 is 1.95 bits per heavy atom. The van der Waals surface area contributed by atoms with Crippen LogP contribution in [0.5, 0.6) is 5.75 Å². The fourth-order valence-corrected chi connectivity index (χ4v) is 2.61. The Hall–Kier alpha value is -1.51. The van der Waals surface area contributed by atoms with E-state index in [9.17, 15) is 9.90 Å². The molecule has 3 heteroatoms. The van der Waals surface area contributed by atoms with Crippen LogP contribution in [0.4, 0.5) is 0 Å². The van der Waals surface area contributed by atoms with E-state index in [2.05, 4.69) is 6.92 Å². The van der Waals surface area contributed by atoms with Crippen LogP contribution in [-0.2, 0) is 9.53 Å². The van der Waals surface area contributed by atoms with Gasteiger partial charge in [0.15, 0.2) is 0 Å². The summed E-state index contributed by atoms with van der Waals surface area (Å²) in [5.41, 5.74) is 0.943. The van der Waals surface area contributed by atoms with Crippen molar-refractivity contribution < 1.29 is 14.6 Å². The zero-order chi connectivity index (χ0) is 13.7. The third-order valence-electron chi connectivity index (χ3n) is 3.74. The number of phenols is 1. The SMILES string of the molecule is CCCCCC[C@@H]1CC(c2ccc(O)cc2)C(=O)O1. The maximum atomic E-state index is 11.9. The Morgan fingerprint density at radius 1 is 1.21 bits per heavy atom. The van der Waals surface area contributed by atoms with Crippen molar-refractivity contribution in [1.29, 1.82) is 0 Å². The van der Waals surface area contributed by atoms with Gasteiger partial charge in [-0.25, -0.2) is 0 Å². The van der Waals surface area contributed by atoms with Crippen LogP contribution >= 0.6 is 0 Å². The highest BCUT2D eigenvalue weighted by atomic mass is 16.5. The standard InChI is InChI=1S/C16H22O3/c1-2-3-4-5-6-14-11-15(16(18)19-14)12-7-9-13(17)10-8-12/h7-10,14-15,17H,2-6,11H2,1H3/t14-,15?/m1/s1. The number of benzene rings is 1. The molecule has 1 saturated heterocycles. The lowest BCUT2D eigenvalue weighted by Crippen LogP contribution is -2.06. The van der Waals surface area contributed by atoms with Crippen molar-refractivity contribution in [3.8, 4) is 5.75 Å². The molecule has 3 nitrogen and oxygen atoms in total. The van der Waals surface area contributed by atoms with E-state index in [1.165, 1.54) is 19.3 Å². The summed E-state index contributed by atoms with van der Waals surface area (Å²) in [6.07, 6.45) is 6.64. The molecule has 1 aliphatic heterocycles. The largest absolute Gasteiger partial charge is 0.508 e. The predicted molar refractivity (Wildman–Crippen MR) is 74.1 cm³/mol. The molecule has 1 fully saturated rings. The first-order chi connectivity index (χ1) is 9.20. The summed E-state index contributed by atoms with van der Waals surface area (Å²) in [6.45, 7) is 2.19. The van der Waals surface area contributed by atoms with Gasteiger partial charge in [0.2, 0.25) is 0 Å². The molecule has 104 valence electrons. The molecule has 1 N–H and O–H groups in total. The molecule has 1 aromatic carbocycles. The van der Waals surface area contributed by atoms with Gasteiger partial charge >= 0.3 is 5.97 Å². The molecule has 0 aromatic heterocycles. The van der Waals surface area contributed by atoms with Crippen LogP contribution in [0.3, 0.4) is 0 Å². The van der Waals surface area contributed by atoms with Crippen LogP contribution in [-0.4, -0.2) is 17.2 Å². The summed E-state index contributed by atoms with van der Waals surface area (Å²) in [7, 11) is 0. The topological polar surface area (TPSA) is 46.5 Å². The average molecular weight is 262 g/mol. The van der Waals surface area contributed by atoms with Crippen molar-refractivity contribution in [2.75, 3.05) is 0 Å². The molecule has 1 aliphatic rings. The van der Waals surface area contributed by atoms with Crippen LogP contribution in [0.15, 0.2) is 24.3 Å². The molecule has 0 aliphatic carbocycles. The number of aromatic hydroxyl groups is 1. The number of hydrogen-bond acceptors (Lipinski definition) is 3. The normalized spacial score (nSPS) is 22.5. The Kier molecular flexibility index (Phi) is 4.83. The molecule has 19 heavy (non-hydrogen) atoms. The lowest BCUT2D eigenvalue weighted by Gasteiger charge is -2.08. The van der Waals surface area contributed by atoms with Crippen LogP contribution in [0, 0.1) is 0 Å².